The van der Waals surface area contributed by atoms with Crippen LogP contribution in [0.4, 0.5) is 4.39 Å². The highest BCUT2D eigenvalue weighted by molar-refractivity contribution is 6.01. The second-order valence-electron chi connectivity index (χ2n) is 10.8. The molecule has 0 spiro atoms. The maximum Gasteiger partial charge on any atom is 0.133 e. The first-order chi connectivity index (χ1) is 18.6. The largest absolute Gasteiger partial charge is 0.508 e. The predicted molar refractivity (Wildman–Crippen MR) is 150 cm³/mol. The summed E-state index contributed by atoms with van der Waals surface area (Å²) in [5.41, 5.74) is 9.51. The first-order valence-corrected chi connectivity index (χ1v) is 14.0. The highest BCUT2D eigenvalue weighted by atomic mass is 19.1. The van der Waals surface area contributed by atoms with Crippen molar-refractivity contribution in [3.63, 3.8) is 0 Å². The van der Waals surface area contributed by atoms with Crippen molar-refractivity contribution in [1.82, 2.24) is 4.90 Å². The van der Waals surface area contributed by atoms with Crippen molar-refractivity contribution in [1.29, 1.82) is 0 Å². The van der Waals surface area contributed by atoms with E-state index in [1.54, 1.807) is 6.07 Å². The minimum Gasteiger partial charge on any atom is -0.508 e. The number of phenols is 1. The Morgan fingerprint density at radius 2 is 1.82 bits per heavy atom. The number of halogens is 1. The summed E-state index contributed by atoms with van der Waals surface area (Å²) in [6.45, 7) is 4.83. The van der Waals surface area contributed by atoms with Gasteiger partial charge in [-0.2, -0.15) is 0 Å². The molecule has 3 aromatic rings. The summed E-state index contributed by atoms with van der Waals surface area (Å²) in [6, 6.07) is 19.1. The lowest BCUT2D eigenvalue weighted by Crippen LogP contribution is -2.26. The van der Waals surface area contributed by atoms with Gasteiger partial charge in [-0.15, -0.1) is 0 Å². The van der Waals surface area contributed by atoms with E-state index in [2.05, 4.69) is 47.4 Å². The van der Waals surface area contributed by atoms with Crippen molar-refractivity contribution < 1.29 is 19.0 Å². The Morgan fingerprint density at radius 3 is 2.66 bits per heavy atom. The van der Waals surface area contributed by atoms with Crippen LogP contribution in [0.3, 0.4) is 0 Å². The van der Waals surface area contributed by atoms with Crippen LogP contribution >= 0.6 is 0 Å². The summed E-state index contributed by atoms with van der Waals surface area (Å²) in [7, 11) is 0. The Labute approximate surface area is 224 Å². The molecule has 0 amide bonds. The van der Waals surface area contributed by atoms with Gasteiger partial charge >= 0.3 is 0 Å². The Bertz CT molecular complexity index is 1350. The smallest absolute Gasteiger partial charge is 0.133 e. The summed E-state index contributed by atoms with van der Waals surface area (Å²) >= 11 is 0. The fourth-order valence-electron chi connectivity index (χ4n) is 6.26. The number of fused-ring (bicyclic) bond motifs is 2. The van der Waals surface area contributed by atoms with Crippen molar-refractivity contribution in [2.24, 2.45) is 0 Å². The Morgan fingerprint density at radius 1 is 1.00 bits per heavy atom. The van der Waals surface area contributed by atoms with Crippen molar-refractivity contribution >= 4 is 11.1 Å². The summed E-state index contributed by atoms with van der Waals surface area (Å²) < 4.78 is 25.1. The molecule has 38 heavy (non-hydrogen) atoms. The van der Waals surface area contributed by atoms with E-state index in [9.17, 15) is 9.50 Å². The first kappa shape index (κ1) is 25.0. The molecule has 198 valence electrons. The average Bonchev–Trinajstić information content (AvgIpc) is 3.55. The normalized spacial score (nSPS) is 19.2. The number of alkyl halides is 1. The third-order valence-corrected chi connectivity index (χ3v) is 8.28. The van der Waals surface area contributed by atoms with Crippen LogP contribution in [-0.4, -0.2) is 49.0 Å². The standard InChI is InChI=1S/C33H36FNO3/c1-22-31(36)13-12-30-32(24-8-10-27(11-9-24)38-28-14-18-35(21-28)17-3-16-34)29(15-19-37-33(22)30)26-7-6-23-4-2-5-25(23)20-26/h6-13,20,28,36H,2-5,14-19,21H2,1H3/t28-/m0/s1. The van der Waals surface area contributed by atoms with Crippen molar-refractivity contribution in [2.45, 2.75) is 51.6 Å². The number of hydrogen-bond acceptors (Lipinski definition) is 4. The Hall–Kier alpha value is -3.31. The monoisotopic (exact) mass is 513 g/mol. The summed E-state index contributed by atoms with van der Waals surface area (Å²) in [5.74, 6) is 1.87. The quantitative estimate of drug-likeness (QED) is 0.380. The van der Waals surface area contributed by atoms with Crippen LogP contribution in [0.25, 0.3) is 11.1 Å². The molecule has 0 unspecified atom stereocenters. The molecule has 3 aliphatic rings. The Kier molecular flexibility index (Phi) is 7.12. The summed E-state index contributed by atoms with van der Waals surface area (Å²) in [4.78, 5) is 2.28. The van der Waals surface area contributed by atoms with Gasteiger partial charge in [-0.1, -0.05) is 30.3 Å². The average molecular weight is 514 g/mol. The van der Waals surface area contributed by atoms with Gasteiger partial charge in [-0.25, -0.2) is 0 Å². The zero-order chi connectivity index (χ0) is 26.1. The van der Waals surface area contributed by atoms with Gasteiger partial charge in [0.25, 0.3) is 0 Å². The molecule has 5 heteroatoms. The lowest BCUT2D eigenvalue weighted by atomic mass is 9.86. The molecule has 2 aliphatic heterocycles. The molecule has 0 aromatic heterocycles. The molecule has 0 radical (unpaired) electrons. The van der Waals surface area contributed by atoms with E-state index in [1.807, 2.05) is 13.0 Å². The molecule has 0 bridgehead atoms. The van der Waals surface area contributed by atoms with Crippen LogP contribution in [0.15, 0.2) is 54.6 Å². The van der Waals surface area contributed by atoms with Gasteiger partial charge in [-0.3, -0.25) is 9.29 Å². The van der Waals surface area contributed by atoms with E-state index in [4.69, 9.17) is 9.47 Å². The second kappa shape index (κ2) is 10.8. The van der Waals surface area contributed by atoms with E-state index in [0.717, 1.165) is 72.7 Å². The predicted octanol–water partition coefficient (Wildman–Crippen LogP) is 6.74. The van der Waals surface area contributed by atoms with Crippen molar-refractivity contribution in [2.75, 3.05) is 32.9 Å². The highest BCUT2D eigenvalue weighted by Crippen LogP contribution is 2.45. The number of hydrogen-bond donors (Lipinski definition) is 1. The maximum absolute atomic E-state index is 12.6. The maximum atomic E-state index is 12.6. The number of ether oxygens (including phenoxy) is 2. The van der Waals surface area contributed by atoms with Crippen LogP contribution in [0, 0.1) is 6.92 Å². The number of phenolic OH excluding ortho intramolecular Hbond substituents is 1. The molecule has 1 fully saturated rings. The summed E-state index contributed by atoms with van der Waals surface area (Å²) in [5, 5.41) is 10.4. The zero-order valence-electron chi connectivity index (χ0n) is 22.1. The molecule has 2 heterocycles. The zero-order valence-corrected chi connectivity index (χ0v) is 22.1. The first-order valence-electron chi connectivity index (χ1n) is 14.0. The van der Waals surface area contributed by atoms with E-state index in [-0.39, 0.29) is 18.5 Å². The lowest BCUT2D eigenvalue weighted by Gasteiger charge is -2.19. The molecule has 1 atom stereocenters. The molecule has 4 nitrogen and oxygen atoms in total. The van der Waals surface area contributed by atoms with Gasteiger partial charge in [0.15, 0.2) is 0 Å². The fourth-order valence-corrected chi connectivity index (χ4v) is 6.26. The third kappa shape index (κ3) is 4.92. The molecular formula is C33H36FNO3. The van der Waals surface area contributed by atoms with Crippen LogP contribution in [0.1, 0.15) is 59.1 Å². The van der Waals surface area contributed by atoms with E-state index < -0.39 is 0 Å². The van der Waals surface area contributed by atoms with E-state index >= 15 is 0 Å². The molecule has 1 N–H and O–H groups in total. The second-order valence-corrected chi connectivity index (χ2v) is 10.8. The molecule has 3 aromatic carbocycles. The molecule has 6 rings (SSSR count). The third-order valence-electron chi connectivity index (χ3n) is 8.28. The fraction of sp³-hybridized carbons (Fsp3) is 0.394. The SMILES string of the molecule is Cc1c(O)ccc2c1OCCC(c1ccc3c(c1)CCC3)=C2c1ccc(O[C@H]2CCN(CCCF)C2)cc1. The minimum absolute atomic E-state index is 0.138. The van der Waals surface area contributed by atoms with Crippen LogP contribution in [-0.2, 0) is 12.8 Å². The molecule has 1 saturated heterocycles. The number of rotatable bonds is 7. The van der Waals surface area contributed by atoms with Crippen LogP contribution in [0.2, 0.25) is 0 Å². The molecular weight excluding hydrogens is 477 g/mol. The van der Waals surface area contributed by atoms with Crippen molar-refractivity contribution in [3.05, 3.63) is 88.0 Å². The van der Waals surface area contributed by atoms with E-state index in [0.29, 0.717) is 13.0 Å². The van der Waals surface area contributed by atoms with E-state index in [1.165, 1.54) is 35.1 Å². The topological polar surface area (TPSA) is 41.9 Å². The van der Waals surface area contributed by atoms with Crippen LogP contribution in [0.5, 0.6) is 17.2 Å². The van der Waals surface area contributed by atoms with Gasteiger partial charge in [0, 0.05) is 37.2 Å². The van der Waals surface area contributed by atoms with Crippen LogP contribution < -0.4 is 9.47 Å². The lowest BCUT2D eigenvalue weighted by molar-refractivity contribution is 0.198. The number of aromatic hydroxyl groups is 1. The van der Waals surface area contributed by atoms with Gasteiger partial charge in [0.05, 0.1) is 13.3 Å². The molecule has 1 aliphatic carbocycles. The number of nitrogens with zero attached hydrogens (tertiary/aromatic N) is 1. The number of likely N-dealkylation sites (tertiary alicyclic amines) is 1. The van der Waals surface area contributed by atoms with Crippen molar-refractivity contribution in [3.8, 4) is 17.2 Å². The highest BCUT2D eigenvalue weighted by Gasteiger charge is 2.26. The molecule has 0 saturated carbocycles. The number of benzene rings is 3. The van der Waals surface area contributed by atoms with Gasteiger partial charge in [-0.05, 0) is 96.7 Å². The van der Waals surface area contributed by atoms with Gasteiger partial charge < -0.3 is 14.6 Å². The van der Waals surface area contributed by atoms with Gasteiger partial charge in [0.1, 0.15) is 23.4 Å². The Balaban J connectivity index is 1.36. The number of aryl methyl sites for hydroxylation is 2. The minimum atomic E-state index is -0.264. The van der Waals surface area contributed by atoms with Gasteiger partial charge in [0.2, 0.25) is 0 Å². The summed E-state index contributed by atoms with van der Waals surface area (Å²) in [6.07, 6.45) is 6.02.